The Morgan fingerprint density at radius 2 is 1.72 bits per heavy atom. The highest BCUT2D eigenvalue weighted by Crippen LogP contribution is 2.51. The molecule has 1 heterocycles. The van der Waals surface area contributed by atoms with Crippen molar-refractivity contribution in [3.63, 3.8) is 0 Å². The SMILES string of the molecule is COC(=O)C1(C(=O)OC)CCC[C@@H]2CN(C(=O)OCC(Cl)(Cl)Cl)[C@H](C(=O)O)C[C@@H]21. The summed E-state index contributed by atoms with van der Waals surface area (Å²) in [7, 11) is 2.32. The van der Waals surface area contributed by atoms with E-state index in [1.54, 1.807) is 0 Å². The Bertz CT molecular complexity index is 664. The highest BCUT2D eigenvalue weighted by Gasteiger charge is 2.61. The van der Waals surface area contributed by atoms with E-state index in [1.165, 1.54) is 0 Å². The summed E-state index contributed by atoms with van der Waals surface area (Å²) in [6, 6.07) is -1.33. The van der Waals surface area contributed by atoms with Gasteiger partial charge in [0.15, 0.2) is 5.41 Å². The molecule has 0 aromatic heterocycles. The van der Waals surface area contributed by atoms with Gasteiger partial charge in [-0.05, 0) is 31.1 Å². The van der Waals surface area contributed by atoms with Crippen LogP contribution in [0.5, 0.6) is 0 Å². The topological polar surface area (TPSA) is 119 Å². The fourth-order valence-corrected chi connectivity index (χ4v) is 4.57. The van der Waals surface area contributed by atoms with Gasteiger partial charge in [-0.2, -0.15) is 0 Å². The highest BCUT2D eigenvalue weighted by atomic mass is 35.6. The van der Waals surface area contributed by atoms with Crippen LogP contribution in [-0.4, -0.2) is 71.2 Å². The number of hydrogen-bond acceptors (Lipinski definition) is 7. The van der Waals surface area contributed by atoms with Crippen LogP contribution in [0.1, 0.15) is 25.7 Å². The fourth-order valence-electron chi connectivity index (χ4n) is 4.41. The lowest BCUT2D eigenvalue weighted by atomic mass is 9.58. The summed E-state index contributed by atoms with van der Waals surface area (Å²) >= 11 is 16.7. The van der Waals surface area contributed by atoms with Gasteiger partial charge < -0.3 is 19.3 Å². The van der Waals surface area contributed by atoms with Crippen LogP contribution in [0.3, 0.4) is 0 Å². The van der Waals surface area contributed by atoms with Crippen molar-refractivity contribution < 1.29 is 38.5 Å². The number of halogens is 3. The first-order chi connectivity index (χ1) is 13.5. The number of likely N-dealkylation sites (tertiary alicyclic amines) is 1. The maximum absolute atomic E-state index is 12.6. The van der Waals surface area contributed by atoms with E-state index >= 15 is 0 Å². The van der Waals surface area contributed by atoms with Crippen molar-refractivity contribution in [3.05, 3.63) is 0 Å². The third-order valence-corrected chi connectivity index (χ3v) is 5.94. The van der Waals surface area contributed by atoms with Crippen LogP contribution in [0.15, 0.2) is 0 Å². The first-order valence-corrected chi connectivity index (χ1v) is 10.0. The molecule has 0 spiro atoms. The van der Waals surface area contributed by atoms with Gasteiger partial charge in [-0.3, -0.25) is 14.5 Å². The number of alkyl halides is 3. The zero-order chi connectivity index (χ0) is 22.0. The van der Waals surface area contributed by atoms with Gasteiger partial charge in [-0.15, -0.1) is 0 Å². The van der Waals surface area contributed by atoms with Crippen molar-refractivity contribution in [2.75, 3.05) is 27.4 Å². The Morgan fingerprint density at radius 3 is 2.21 bits per heavy atom. The third-order valence-electron chi connectivity index (χ3n) is 5.61. The number of piperidine rings is 1. The van der Waals surface area contributed by atoms with E-state index in [1.807, 2.05) is 0 Å². The molecular weight excluding hydrogens is 453 g/mol. The predicted molar refractivity (Wildman–Crippen MR) is 102 cm³/mol. The summed E-state index contributed by atoms with van der Waals surface area (Å²) in [5.74, 6) is -3.85. The Hall–Kier alpha value is -1.45. The standard InChI is InChI=1S/C17H22Cl3NO8/c1-27-13(24)16(14(25)28-2)5-3-4-9-7-21(11(12(22)23)6-10(9)16)15(26)29-8-17(18,19)20/h9-11H,3-8H2,1-2H3,(H,22,23)/t9-,10+,11+/m1/s1. The first-order valence-electron chi connectivity index (χ1n) is 8.87. The summed E-state index contributed by atoms with van der Waals surface area (Å²) < 4.78 is 12.8. The molecule has 164 valence electrons. The van der Waals surface area contributed by atoms with Crippen molar-refractivity contribution in [1.82, 2.24) is 4.90 Å². The molecule has 1 aliphatic carbocycles. The lowest BCUT2D eigenvalue weighted by molar-refractivity contribution is -0.184. The number of methoxy groups -OCH3 is 2. The number of hydrogen-bond donors (Lipinski definition) is 1. The summed E-state index contributed by atoms with van der Waals surface area (Å²) in [5, 5.41) is 9.68. The Labute approximate surface area is 182 Å². The summed E-state index contributed by atoms with van der Waals surface area (Å²) in [5.41, 5.74) is -1.62. The second-order valence-corrected chi connectivity index (χ2v) is 9.64. The molecule has 1 amide bonds. The molecule has 2 rings (SSSR count). The monoisotopic (exact) mass is 473 g/mol. The van der Waals surface area contributed by atoms with Crippen molar-refractivity contribution in [1.29, 1.82) is 0 Å². The van der Waals surface area contributed by atoms with Gasteiger partial charge in [0.2, 0.25) is 3.79 Å². The first kappa shape index (κ1) is 23.8. The molecule has 0 unspecified atom stereocenters. The number of amides is 1. The van der Waals surface area contributed by atoms with E-state index in [0.717, 1.165) is 19.1 Å². The van der Waals surface area contributed by atoms with Crippen LogP contribution < -0.4 is 0 Å². The average molecular weight is 475 g/mol. The molecule has 1 aliphatic heterocycles. The number of nitrogens with zero attached hydrogens (tertiary/aromatic N) is 1. The van der Waals surface area contributed by atoms with Gasteiger partial charge in [0.1, 0.15) is 12.6 Å². The predicted octanol–water partition coefficient (Wildman–Crippen LogP) is 2.40. The molecule has 29 heavy (non-hydrogen) atoms. The van der Waals surface area contributed by atoms with Crippen LogP contribution in [0.4, 0.5) is 4.79 Å². The Balaban J connectivity index is 2.35. The van der Waals surface area contributed by atoms with Crippen LogP contribution in [-0.2, 0) is 28.6 Å². The van der Waals surface area contributed by atoms with Gasteiger partial charge in [0.05, 0.1) is 14.2 Å². The number of fused-ring (bicyclic) bond motifs is 1. The van der Waals surface area contributed by atoms with E-state index in [4.69, 9.17) is 49.0 Å². The maximum atomic E-state index is 12.6. The minimum Gasteiger partial charge on any atom is -0.480 e. The molecule has 0 aromatic rings. The zero-order valence-electron chi connectivity index (χ0n) is 15.9. The summed E-state index contributed by atoms with van der Waals surface area (Å²) in [6.45, 7) is -0.586. The highest BCUT2D eigenvalue weighted by molar-refractivity contribution is 6.67. The second kappa shape index (κ2) is 9.14. The maximum Gasteiger partial charge on any atom is 0.410 e. The van der Waals surface area contributed by atoms with E-state index in [9.17, 15) is 24.3 Å². The van der Waals surface area contributed by atoms with Crippen molar-refractivity contribution in [3.8, 4) is 0 Å². The van der Waals surface area contributed by atoms with E-state index in [2.05, 4.69) is 0 Å². The molecule has 1 saturated carbocycles. The van der Waals surface area contributed by atoms with Gasteiger partial charge in [0, 0.05) is 6.54 Å². The van der Waals surface area contributed by atoms with Crippen molar-refractivity contribution >= 4 is 58.8 Å². The second-order valence-electron chi connectivity index (χ2n) is 7.13. The van der Waals surface area contributed by atoms with Gasteiger partial charge >= 0.3 is 24.0 Å². The summed E-state index contributed by atoms with van der Waals surface area (Å²) in [6.07, 6.45) is 0.167. The number of rotatable bonds is 4. The molecule has 0 radical (unpaired) electrons. The quantitative estimate of drug-likeness (QED) is 0.285. The average Bonchev–Trinajstić information content (AvgIpc) is 2.68. The van der Waals surface area contributed by atoms with Crippen molar-refractivity contribution in [2.45, 2.75) is 35.5 Å². The number of carbonyl (C=O) groups excluding carboxylic acids is 3. The zero-order valence-corrected chi connectivity index (χ0v) is 18.1. The number of aliphatic carboxylic acids is 1. The normalized spacial score (nSPS) is 26.1. The molecule has 1 N–H and O–H groups in total. The van der Waals surface area contributed by atoms with Crippen LogP contribution >= 0.6 is 34.8 Å². The summed E-state index contributed by atoms with van der Waals surface area (Å²) in [4.78, 5) is 50.6. The molecule has 1 saturated heterocycles. The van der Waals surface area contributed by atoms with Crippen LogP contribution in [0.25, 0.3) is 0 Å². The molecule has 0 bridgehead atoms. The molecule has 12 heteroatoms. The number of carboxylic acids is 1. The molecule has 2 fully saturated rings. The smallest absolute Gasteiger partial charge is 0.410 e. The Morgan fingerprint density at radius 1 is 1.14 bits per heavy atom. The molecular formula is C17H22Cl3NO8. The third kappa shape index (κ3) is 4.83. The fraction of sp³-hybridized carbons (Fsp3) is 0.765. The van der Waals surface area contributed by atoms with E-state index in [-0.39, 0.29) is 25.3 Å². The molecule has 3 atom stereocenters. The van der Waals surface area contributed by atoms with Crippen LogP contribution in [0.2, 0.25) is 0 Å². The molecule has 9 nitrogen and oxygen atoms in total. The number of carbonyl (C=O) groups is 4. The number of esters is 2. The van der Waals surface area contributed by atoms with E-state index in [0.29, 0.717) is 12.8 Å². The lowest BCUT2D eigenvalue weighted by Crippen LogP contribution is -2.61. The molecule has 0 aromatic carbocycles. The molecule has 2 aliphatic rings. The minimum absolute atomic E-state index is 0.0317. The number of ether oxygens (including phenoxy) is 3. The largest absolute Gasteiger partial charge is 0.480 e. The minimum atomic E-state index is -1.84. The van der Waals surface area contributed by atoms with Crippen LogP contribution in [0, 0.1) is 17.3 Å². The number of carboxylic acid groups (broad SMARTS) is 1. The van der Waals surface area contributed by atoms with Gasteiger partial charge in [-0.25, -0.2) is 9.59 Å². The lowest BCUT2D eigenvalue weighted by Gasteiger charge is -2.50. The van der Waals surface area contributed by atoms with Crippen molar-refractivity contribution in [2.24, 2.45) is 17.3 Å². The van der Waals surface area contributed by atoms with Gasteiger partial charge in [-0.1, -0.05) is 41.2 Å². The van der Waals surface area contributed by atoms with Gasteiger partial charge in [0.25, 0.3) is 0 Å². The Kier molecular flexibility index (Phi) is 7.51. The van der Waals surface area contributed by atoms with E-state index < -0.39 is 51.8 Å².